The van der Waals surface area contributed by atoms with Gasteiger partial charge in [0.05, 0.1) is 5.69 Å². The molecule has 1 amide bonds. The number of rotatable bonds is 3. The second kappa shape index (κ2) is 5.09. The second-order valence-corrected chi connectivity index (χ2v) is 4.49. The smallest absolute Gasteiger partial charge is 0.340 e. The minimum Gasteiger partial charge on any atom is -0.478 e. The summed E-state index contributed by atoms with van der Waals surface area (Å²) in [7, 11) is 0. The Bertz CT molecular complexity index is 802. The zero-order chi connectivity index (χ0) is 14.9. The van der Waals surface area contributed by atoms with Crippen LogP contribution < -0.4 is 16.6 Å². The van der Waals surface area contributed by atoms with Crippen LogP contribution in [0.15, 0.2) is 15.8 Å². The number of carbonyl (C=O) groups excluding carboxylic acids is 1. The fraction of sp³-hybridized carbons (Fsp3) is 0.100. The number of hydrogen-bond donors (Lipinski definition) is 4. The molecule has 0 bridgehead atoms. The molecule has 0 aliphatic rings. The van der Waals surface area contributed by atoms with Crippen LogP contribution >= 0.6 is 11.5 Å². The number of anilines is 1. The van der Waals surface area contributed by atoms with Gasteiger partial charge in [-0.1, -0.05) is 0 Å². The molecule has 0 spiro atoms. The van der Waals surface area contributed by atoms with Crippen LogP contribution in [0.2, 0.25) is 0 Å². The van der Waals surface area contributed by atoms with Gasteiger partial charge < -0.3 is 15.4 Å². The van der Waals surface area contributed by atoms with Crippen molar-refractivity contribution in [2.75, 3.05) is 5.32 Å². The molecule has 0 atom stereocenters. The molecule has 0 aliphatic heterocycles. The normalized spacial score (nSPS) is 10.2. The van der Waals surface area contributed by atoms with Crippen LogP contribution in [-0.4, -0.2) is 31.3 Å². The Morgan fingerprint density at radius 3 is 2.70 bits per heavy atom. The molecule has 0 saturated heterocycles. The summed E-state index contributed by atoms with van der Waals surface area (Å²) in [5, 5.41) is 11.3. The highest BCUT2D eigenvalue weighted by Gasteiger charge is 2.20. The number of nitrogens with one attached hydrogen (secondary N) is 3. The van der Waals surface area contributed by atoms with E-state index in [1.54, 1.807) is 0 Å². The number of carboxylic acid groups (broad SMARTS) is 1. The Morgan fingerprint density at radius 1 is 1.40 bits per heavy atom. The Hall–Kier alpha value is -2.75. The summed E-state index contributed by atoms with van der Waals surface area (Å²) in [6.07, 6.45) is 0.949. The van der Waals surface area contributed by atoms with Gasteiger partial charge >= 0.3 is 11.7 Å². The van der Waals surface area contributed by atoms with E-state index in [1.165, 1.54) is 6.92 Å². The molecule has 4 N–H and O–H groups in total. The van der Waals surface area contributed by atoms with E-state index in [0.29, 0.717) is 0 Å². The largest absolute Gasteiger partial charge is 0.478 e. The van der Waals surface area contributed by atoms with Gasteiger partial charge in [-0.25, -0.2) is 9.59 Å². The molecule has 0 aromatic carbocycles. The number of aryl methyl sites for hydroxylation is 1. The Kier molecular flexibility index (Phi) is 3.48. The quantitative estimate of drug-likeness (QED) is 0.616. The fourth-order valence-electron chi connectivity index (χ4n) is 1.46. The lowest BCUT2D eigenvalue weighted by Gasteiger charge is -2.02. The third kappa shape index (κ3) is 2.49. The molecule has 2 aromatic rings. The van der Waals surface area contributed by atoms with Crippen molar-refractivity contribution in [1.82, 2.24) is 14.3 Å². The van der Waals surface area contributed by atoms with Crippen molar-refractivity contribution in [3.05, 3.63) is 43.9 Å². The lowest BCUT2D eigenvalue weighted by atomic mass is 10.2. The van der Waals surface area contributed by atoms with E-state index < -0.39 is 23.1 Å². The minimum atomic E-state index is -1.23. The van der Waals surface area contributed by atoms with Gasteiger partial charge in [-0.2, -0.15) is 4.37 Å². The van der Waals surface area contributed by atoms with Crippen molar-refractivity contribution in [2.45, 2.75) is 6.92 Å². The standard InChI is InChI=1S/C10H8N4O5S/c1-3-5(9(17)18)8(20-14-3)12-6(15)4-2-11-10(19)13-7(4)16/h2H,1H3,(H,12,15)(H,17,18)(H2,11,13,16,19). The van der Waals surface area contributed by atoms with Crippen molar-refractivity contribution in [3.63, 3.8) is 0 Å². The van der Waals surface area contributed by atoms with Crippen LogP contribution in [0.25, 0.3) is 0 Å². The summed E-state index contributed by atoms with van der Waals surface area (Å²) in [6, 6.07) is 0. The first-order chi connectivity index (χ1) is 9.40. The number of amides is 1. The molecule has 9 nitrogen and oxygen atoms in total. The molecule has 0 saturated carbocycles. The van der Waals surface area contributed by atoms with Crippen molar-refractivity contribution >= 4 is 28.4 Å². The predicted octanol–water partition coefficient (Wildman–Crippen LogP) is -0.221. The number of aromatic carboxylic acids is 1. The van der Waals surface area contributed by atoms with Gasteiger partial charge in [-0.05, 0) is 18.5 Å². The maximum Gasteiger partial charge on any atom is 0.340 e. The zero-order valence-electron chi connectivity index (χ0n) is 10.0. The maximum absolute atomic E-state index is 11.9. The molecule has 10 heteroatoms. The van der Waals surface area contributed by atoms with Crippen molar-refractivity contribution < 1.29 is 14.7 Å². The Morgan fingerprint density at radius 2 is 2.10 bits per heavy atom. The summed E-state index contributed by atoms with van der Waals surface area (Å²) < 4.78 is 3.82. The van der Waals surface area contributed by atoms with Crippen LogP contribution in [0.3, 0.4) is 0 Å². The predicted molar refractivity (Wildman–Crippen MR) is 69.4 cm³/mol. The molecule has 2 rings (SSSR count). The summed E-state index contributed by atoms with van der Waals surface area (Å²) in [5.41, 5.74) is -1.83. The van der Waals surface area contributed by atoms with Crippen LogP contribution in [0.5, 0.6) is 0 Å². The number of nitrogens with zero attached hydrogens (tertiary/aromatic N) is 1. The number of H-pyrrole nitrogens is 2. The summed E-state index contributed by atoms with van der Waals surface area (Å²) >= 11 is 0.790. The first-order valence-electron chi connectivity index (χ1n) is 5.23. The molecular formula is C10H8N4O5S. The number of hydrogen-bond acceptors (Lipinski definition) is 6. The number of aromatic amines is 2. The summed E-state index contributed by atoms with van der Waals surface area (Å²) in [6.45, 7) is 1.49. The average molecular weight is 296 g/mol. The fourth-order valence-corrected chi connectivity index (χ4v) is 2.24. The lowest BCUT2D eigenvalue weighted by molar-refractivity contribution is 0.0697. The van der Waals surface area contributed by atoms with Gasteiger partial charge in [0, 0.05) is 6.20 Å². The van der Waals surface area contributed by atoms with Crippen molar-refractivity contribution in [3.8, 4) is 0 Å². The topological polar surface area (TPSA) is 145 Å². The van der Waals surface area contributed by atoms with Gasteiger partial charge in [0.25, 0.3) is 11.5 Å². The molecule has 0 radical (unpaired) electrons. The molecular weight excluding hydrogens is 288 g/mol. The van der Waals surface area contributed by atoms with Gasteiger partial charge in [-0.15, -0.1) is 0 Å². The molecule has 0 aliphatic carbocycles. The van der Waals surface area contributed by atoms with E-state index >= 15 is 0 Å². The van der Waals surface area contributed by atoms with E-state index in [9.17, 15) is 19.2 Å². The van der Waals surface area contributed by atoms with Gasteiger partial charge in [-0.3, -0.25) is 14.6 Å². The molecule has 104 valence electrons. The van der Waals surface area contributed by atoms with Crippen LogP contribution in [-0.2, 0) is 0 Å². The Labute approximate surface area is 114 Å². The summed E-state index contributed by atoms with van der Waals surface area (Å²) in [4.78, 5) is 49.2. The van der Waals surface area contributed by atoms with E-state index in [1.807, 2.05) is 4.98 Å². The Balaban J connectivity index is 2.35. The molecule has 20 heavy (non-hydrogen) atoms. The third-order valence-electron chi connectivity index (χ3n) is 2.37. The molecule has 0 fully saturated rings. The van der Waals surface area contributed by atoms with Crippen molar-refractivity contribution in [1.29, 1.82) is 0 Å². The zero-order valence-corrected chi connectivity index (χ0v) is 10.8. The molecule has 2 heterocycles. The third-order valence-corrected chi connectivity index (χ3v) is 3.22. The highest BCUT2D eigenvalue weighted by atomic mass is 32.1. The van der Waals surface area contributed by atoms with Crippen LogP contribution in [0.4, 0.5) is 5.00 Å². The average Bonchev–Trinajstić information content (AvgIpc) is 2.70. The molecule has 0 unspecified atom stereocenters. The SMILES string of the molecule is Cc1nsc(NC(=O)c2c[nH]c(=O)[nH]c2=O)c1C(=O)O. The van der Waals surface area contributed by atoms with Crippen LogP contribution in [0, 0.1) is 6.92 Å². The number of carbonyl (C=O) groups is 2. The first kappa shape index (κ1) is 13.7. The van der Waals surface area contributed by atoms with Gasteiger partial charge in [0.2, 0.25) is 0 Å². The first-order valence-corrected chi connectivity index (χ1v) is 6.00. The minimum absolute atomic E-state index is 0.0191. The van der Waals surface area contributed by atoms with Gasteiger partial charge in [0.15, 0.2) is 0 Å². The highest BCUT2D eigenvalue weighted by molar-refractivity contribution is 7.11. The van der Waals surface area contributed by atoms with Gasteiger partial charge in [0.1, 0.15) is 16.1 Å². The van der Waals surface area contributed by atoms with E-state index in [0.717, 1.165) is 17.7 Å². The lowest BCUT2D eigenvalue weighted by Crippen LogP contribution is -2.29. The second-order valence-electron chi connectivity index (χ2n) is 3.72. The van der Waals surface area contributed by atoms with E-state index in [2.05, 4.69) is 14.7 Å². The van der Waals surface area contributed by atoms with Crippen LogP contribution in [0.1, 0.15) is 26.4 Å². The van der Waals surface area contributed by atoms with Crippen molar-refractivity contribution in [2.24, 2.45) is 0 Å². The number of aromatic nitrogens is 3. The monoisotopic (exact) mass is 296 g/mol. The maximum atomic E-state index is 11.9. The van der Waals surface area contributed by atoms with E-state index in [4.69, 9.17) is 5.11 Å². The molecule has 2 aromatic heterocycles. The summed E-state index contributed by atoms with van der Waals surface area (Å²) in [5.74, 6) is -2.07. The van der Waals surface area contributed by atoms with E-state index in [-0.39, 0.29) is 21.8 Å². The number of carboxylic acids is 1. The highest BCUT2D eigenvalue weighted by Crippen LogP contribution is 2.24.